The Morgan fingerprint density at radius 3 is 2.38 bits per heavy atom. The van der Waals surface area contributed by atoms with Crippen LogP contribution in [0.3, 0.4) is 0 Å². The topological polar surface area (TPSA) is 69.6 Å². The number of allylic oxidation sites excluding steroid dienone is 3. The first kappa shape index (κ1) is 22.9. The van der Waals surface area contributed by atoms with E-state index in [1.807, 2.05) is 0 Å². The molecule has 0 radical (unpaired) electrons. The van der Waals surface area contributed by atoms with E-state index in [1.54, 1.807) is 0 Å². The molecule has 24 heavy (non-hydrogen) atoms. The van der Waals surface area contributed by atoms with Gasteiger partial charge in [0.1, 0.15) is 0 Å². The van der Waals surface area contributed by atoms with Crippen molar-refractivity contribution in [3.63, 3.8) is 0 Å². The molecule has 0 heterocycles. The Bertz CT molecular complexity index is 340. The molecule has 0 aromatic rings. The Labute approximate surface area is 148 Å². The third-order valence-corrected chi connectivity index (χ3v) is 3.87. The molecule has 1 amide bonds. The van der Waals surface area contributed by atoms with Crippen LogP contribution >= 0.6 is 0 Å². The smallest absolute Gasteiger partial charge is 0.220 e. The van der Waals surface area contributed by atoms with E-state index >= 15 is 0 Å². The summed E-state index contributed by atoms with van der Waals surface area (Å²) >= 11 is 0. The van der Waals surface area contributed by atoms with E-state index < -0.39 is 0 Å². The zero-order chi connectivity index (χ0) is 17.9. The van der Waals surface area contributed by atoms with Crippen molar-refractivity contribution in [1.82, 2.24) is 5.32 Å². The van der Waals surface area contributed by atoms with Crippen molar-refractivity contribution in [2.45, 2.75) is 83.7 Å². The van der Waals surface area contributed by atoms with Crippen LogP contribution in [0.25, 0.3) is 0 Å². The summed E-state index contributed by atoms with van der Waals surface area (Å²) in [7, 11) is 0. The summed E-state index contributed by atoms with van der Waals surface area (Å²) in [5, 5.41) is 21.2. The number of unbranched alkanes of at least 4 members (excludes halogenated alkanes) is 5. The summed E-state index contributed by atoms with van der Waals surface area (Å²) in [5.74, 6) is 0.0328. The molecular formula is C20H37NO3. The highest BCUT2D eigenvalue weighted by Gasteiger charge is 2.02. The highest BCUT2D eigenvalue weighted by atomic mass is 16.3. The Morgan fingerprint density at radius 2 is 1.67 bits per heavy atom. The molecule has 1 atom stereocenters. The third kappa shape index (κ3) is 17.2. The van der Waals surface area contributed by atoms with Crippen LogP contribution in [0.4, 0.5) is 0 Å². The first-order valence-corrected chi connectivity index (χ1v) is 9.56. The molecule has 0 bridgehead atoms. The molecule has 0 saturated carbocycles. The van der Waals surface area contributed by atoms with Crippen LogP contribution in [0.2, 0.25) is 0 Å². The largest absolute Gasteiger partial charge is 0.395 e. The second kappa shape index (κ2) is 18.2. The third-order valence-electron chi connectivity index (χ3n) is 3.87. The zero-order valence-electron chi connectivity index (χ0n) is 15.4. The van der Waals surface area contributed by atoms with Gasteiger partial charge in [0.05, 0.1) is 12.7 Å². The van der Waals surface area contributed by atoms with Crippen molar-refractivity contribution in [1.29, 1.82) is 0 Å². The fourth-order valence-electron chi connectivity index (χ4n) is 2.47. The zero-order valence-corrected chi connectivity index (χ0v) is 15.4. The van der Waals surface area contributed by atoms with Gasteiger partial charge in [-0.05, 0) is 32.1 Å². The maximum atomic E-state index is 11.3. The Hall–Kier alpha value is -1.13. The first-order valence-electron chi connectivity index (χ1n) is 9.56. The summed E-state index contributed by atoms with van der Waals surface area (Å²) < 4.78 is 0. The molecule has 0 aliphatic carbocycles. The lowest BCUT2D eigenvalue weighted by atomic mass is 10.0. The van der Waals surface area contributed by atoms with Crippen LogP contribution in [-0.2, 0) is 4.79 Å². The van der Waals surface area contributed by atoms with Gasteiger partial charge in [0.15, 0.2) is 0 Å². The molecule has 0 aliphatic rings. The highest BCUT2D eigenvalue weighted by Crippen LogP contribution is 2.11. The van der Waals surface area contributed by atoms with Gasteiger partial charge in [-0.15, -0.1) is 0 Å². The Morgan fingerprint density at radius 1 is 1.00 bits per heavy atom. The summed E-state index contributed by atoms with van der Waals surface area (Å²) in [6.45, 7) is 2.48. The number of aliphatic hydroxyl groups excluding tert-OH is 2. The highest BCUT2D eigenvalue weighted by molar-refractivity contribution is 5.75. The van der Waals surface area contributed by atoms with E-state index in [1.165, 1.54) is 6.42 Å². The second-order valence-electron chi connectivity index (χ2n) is 6.21. The molecule has 140 valence electrons. The van der Waals surface area contributed by atoms with Gasteiger partial charge < -0.3 is 15.5 Å². The molecular weight excluding hydrogens is 302 g/mol. The summed E-state index contributed by atoms with van der Waals surface area (Å²) in [6.07, 6.45) is 19.0. The van der Waals surface area contributed by atoms with Gasteiger partial charge >= 0.3 is 0 Å². The molecule has 4 nitrogen and oxygen atoms in total. The summed E-state index contributed by atoms with van der Waals surface area (Å²) in [4.78, 5) is 11.3. The van der Waals surface area contributed by atoms with Gasteiger partial charge in [-0.1, -0.05) is 63.3 Å². The number of hydrogen-bond acceptors (Lipinski definition) is 3. The van der Waals surface area contributed by atoms with Gasteiger partial charge in [0, 0.05) is 13.0 Å². The lowest BCUT2D eigenvalue weighted by Gasteiger charge is -2.07. The fourth-order valence-corrected chi connectivity index (χ4v) is 2.47. The average Bonchev–Trinajstić information content (AvgIpc) is 2.58. The van der Waals surface area contributed by atoms with Crippen LogP contribution < -0.4 is 5.32 Å². The fraction of sp³-hybridized carbons (Fsp3) is 0.750. The Balaban J connectivity index is 3.34. The second-order valence-corrected chi connectivity index (χ2v) is 6.21. The van der Waals surface area contributed by atoms with Crippen molar-refractivity contribution in [2.75, 3.05) is 13.2 Å². The molecule has 0 aromatic heterocycles. The maximum absolute atomic E-state index is 11.3. The number of carbonyl (C=O) groups excluding carboxylic acids is 1. The van der Waals surface area contributed by atoms with E-state index in [9.17, 15) is 9.90 Å². The molecule has 0 rings (SSSR count). The van der Waals surface area contributed by atoms with Crippen LogP contribution in [-0.4, -0.2) is 35.4 Å². The summed E-state index contributed by atoms with van der Waals surface area (Å²) in [6, 6.07) is 0. The number of carbonyl (C=O) groups is 1. The lowest BCUT2D eigenvalue weighted by molar-refractivity contribution is -0.121. The minimum atomic E-state index is -0.216. The minimum absolute atomic E-state index is 0.00326. The van der Waals surface area contributed by atoms with Crippen LogP contribution in [0, 0.1) is 0 Å². The molecule has 4 heteroatoms. The molecule has 0 saturated heterocycles. The van der Waals surface area contributed by atoms with E-state index in [-0.39, 0.29) is 18.6 Å². The van der Waals surface area contributed by atoms with Gasteiger partial charge in [0.2, 0.25) is 5.91 Å². The van der Waals surface area contributed by atoms with Crippen molar-refractivity contribution in [2.24, 2.45) is 0 Å². The average molecular weight is 340 g/mol. The lowest BCUT2D eigenvalue weighted by Crippen LogP contribution is -2.25. The standard InChI is InChI=1S/C20H37NO3/c1-2-3-4-5-8-11-14-19(23)15-12-9-6-7-10-13-16-20(24)21-17-18-22/h3-4,8,11,19,22-23H,2,5-7,9-10,12-18H2,1H3,(H,21,24)/b4-3-,11-8-/t19-/m0/s1. The maximum Gasteiger partial charge on any atom is 0.220 e. The van der Waals surface area contributed by atoms with Gasteiger partial charge in [-0.3, -0.25) is 4.79 Å². The van der Waals surface area contributed by atoms with Crippen LogP contribution in [0.5, 0.6) is 0 Å². The van der Waals surface area contributed by atoms with Crippen molar-refractivity contribution >= 4 is 5.91 Å². The molecule has 3 N–H and O–H groups in total. The van der Waals surface area contributed by atoms with Crippen molar-refractivity contribution in [3.8, 4) is 0 Å². The Kier molecular flexibility index (Phi) is 17.4. The minimum Gasteiger partial charge on any atom is -0.395 e. The van der Waals surface area contributed by atoms with E-state index in [4.69, 9.17) is 5.11 Å². The molecule has 0 fully saturated rings. The van der Waals surface area contributed by atoms with Gasteiger partial charge in [-0.2, -0.15) is 0 Å². The number of nitrogens with one attached hydrogen (secondary N) is 1. The molecule has 0 aromatic carbocycles. The van der Waals surface area contributed by atoms with Crippen LogP contribution in [0.1, 0.15) is 77.6 Å². The molecule has 0 spiro atoms. The van der Waals surface area contributed by atoms with E-state index in [2.05, 4.69) is 36.5 Å². The monoisotopic (exact) mass is 339 g/mol. The van der Waals surface area contributed by atoms with Crippen molar-refractivity contribution in [3.05, 3.63) is 24.3 Å². The van der Waals surface area contributed by atoms with Crippen LogP contribution in [0.15, 0.2) is 24.3 Å². The SMILES string of the molecule is CC/C=C\C/C=C\C[C@H](O)CCCCCCCCC(=O)NCCO. The number of amides is 1. The predicted octanol–water partition coefficient (Wildman–Crippen LogP) is 3.88. The molecule has 0 unspecified atom stereocenters. The van der Waals surface area contributed by atoms with Gasteiger partial charge in [-0.25, -0.2) is 0 Å². The predicted molar refractivity (Wildman–Crippen MR) is 101 cm³/mol. The van der Waals surface area contributed by atoms with E-state index in [0.717, 1.165) is 57.8 Å². The summed E-state index contributed by atoms with van der Waals surface area (Å²) in [5.41, 5.74) is 0. The number of rotatable bonds is 16. The quantitative estimate of drug-likeness (QED) is 0.295. The van der Waals surface area contributed by atoms with Gasteiger partial charge in [0.25, 0.3) is 0 Å². The molecule has 0 aliphatic heterocycles. The number of aliphatic hydroxyl groups is 2. The normalized spacial score (nSPS) is 13.0. The first-order chi connectivity index (χ1) is 11.7. The van der Waals surface area contributed by atoms with E-state index in [0.29, 0.717) is 13.0 Å². The number of hydrogen-bond donors (Lipinski definition) is 3. The van der Waals surface area contributed by atoms with Crippen molar-refractivity contribution < 1.29 is 15.0 Å².